The lowest BCUT2D eigenvalue weighted by Gasteiger charge is -2.19. The molecule has 0 aliphatic carbocycles. The van der Waals surface area contributed by atoms with Crippen molar-refractivity contribution in [2.75, 3.05) is 18.5 Å². The molecule has 0 amide bonds. The maximum Gasteiger partial charge on any atom is 0.269 e. The first-order chi connectivity index (χ1) is 12.4. The van der Waals surface area contributed by atoms with E-state index in [0.717, 1.165) is 16.8 Å². The summed E-state index contributed by atoms with van der Waals surface area (Å²) in [5, 5.41) is 10.7. The fourth-order valence-corrected chi connectivity index (χ4v) is 2.35. The van der Waals surface area contributed by atoms with E-state index < -0.39 is 4.92 Å². The summed E-state index contributed by atoms with van der Waals surface area (Å²) in [5.74, 6) is 0.0829. The topological polar surface area (TPSA) is 63.5 Å². The van der Waals surface area contributed by atoms with Gasteiger partial charge in [-0.05, 0) is 47.9 Å². The number of carbonyl (C=O) groups is 1. The molecule has 0 aliphatic heterocycles. The molecule has 2 aromatic rings. The van der Waals surface area contributed by atoms with Crippen LogP contribution in [0.3, 0.4) is 0 Å². The van der Waals surface area contributed by atoms with Gasteiger partial charge in [0.1, 0.15) is 0 Å². The van der Waals surface area contributed by atoms with Crippen LogP contribution in [0.4, 0.5) is 11.4 Å². The molecule has 0 saturated carbocycles. The van der Waals surface area contributed by atoms with Gasteiger partial charge < -0.3 is 4.90 Å². The first-order valence-electron chi connectivity index (χ1n) is 8.29. The van der Waals surface area contributed by atoms with Crippen LogP contribution in [-0.2, 0) is 4.79 Å². The van der Waals surface area contributed by atoms with Crippen molar-refractivity contribution in [2.45, 2.75) is 13.3 Å². The summed E-state index contributed by atoms with van der Waals surface area (Å²) in [6, 6.07) is 14.4. The lowest BCUT2D eigenvalue weighted by atomic mass is 10.1. The van der Waals surface area contributed by atoms with Crippen LogP contribution in [0, 0.1) is 10.1 Å². The highest BCUT2D eigenvalue weighted by molar-refractivity contribution is 5.94. The zero-order valence-corrected chi connectivity index (χ0v) is 15.0. The molecule has 2 aromatic carbocycles. The van der Waals surface area contributed by atoms with Gasteiger partial charge in [0.2, 0.25) is 0 Å². The summed E-state index contributed by atoms with van der Waals surface area (Å²) >= 11 is 0. The van der Waals surface area contributed by atoms with E-state index in [1.54, 1.807) is 19.1 Å². The Morgan fingerprint density at radius 1 is 1.08 bits per heavy atom. The molecule has 26 heavy (non-hydrogen) atoms. The van der Waals surface area contributed by atoms with Crippen LogP contribution in [0.2, 0.25) is 0 Å². The Balaban J connectivity index is 1.97. The largest absolute Gasteiger partial charge is 0.374 e. The number of allylic oxidation sites excluding steroid dienone is 1. The second-order valence-corrected chi connectivity index (χ2v) is 6.15. The number of anilines is 1. The maximum absolute atomic E-state index is 11.6. The van der Waals surface area contributed by atoms with Crippen LogP contribution < -0.4 is 4.90 Å². The SMILES string of the molecule is C=C(C)C(=O)CCN(C)c1ccc(C=Cc2ccc([N+](=O)[O-])cc2)cc1. The molecule has 0 aromatic heterocycles. The lowest BCUT2D eigenvalue weighted by molar-refractivity contribution is -0.384. The molecular weight excluding hydrogens is 328 g/mol. The van der Waals surface area contributed by atoms with Gasteiger partial charge in [-0.25, -0.2) is 0 Å². The third kappa shape index (κ3) is 5.41. The molecule has 134 valence electrons. The van der Waals surface area contributed by atoms with E-state index in [9.17, 15) is 14.9 Å². The number of benzene rings is 2. The monoisotopic (exact) mass is 350 g/mol. The molecule has 0 radical (unpaired) electrons. The van der Waals surface area contributed by atoms with Gasteiger partial charge in [0.05, 0.1) is 4.92 Å². The number of Topliss-reactive ketones (excluding diaryl/α,β-unsaturated/α-hetero) is 1. The number of non-ortho nitro benzene ring substituents is 1. The third-order valence-electron chi connectivity index (χ3n) is 4.06. The number of ketones is 1. The number of rotatable bonds is 8. The van der Waals surface area contributed by atoms with Crippen molar-refractivity contribution in [1.29, 1.82) is 0 Å². The van der Waals surface area contributed by atoms with Crippen LogP contribution in [0.25, 0.3) is 12.2 Å². The molecule has 5 nitrogen and oxygen atoms in total. The van der Waals surface area contributed by atoms with E-state index in [1.807, 2.05) is 48.4 Å². The summed E-state index contributed by atoms with van der Waals surface area (Å²) in [4.78, 5) is 23.9. The van der Waals surface area contributed by atoms with Crippen molar-refractivity contribution in [2.24, 2.45) is 0 Å². The van der Waals surface area contributed by atoms with Gasteiger partial charge in [-0.15, -0.1) is 0 Å². The molecule has 0 heterocycles. The zero-order valence-electron chi connectivity index (χ0n) is 15.0. The molecule has 2 rings (SSSR count). The van der Waals surface area contributed by atoms with Gasteiger partial charge in [-0.1, -0.05) is 30.9 Å². The Morgan fingerprint density at radius 3 is 2.04 bits per heavy atom. The highest BCUT2D eigenvalue weighted by Gasteiger charge is 2.06. The van der Waals surface area contributed by atoms with Gasteiger partial charge in [0.25, 0.3) is 5.69 Å². The number of hydrogen-bond acceptors (Lipinski definition) is 4. The quantitative estimate of drug-likeness (QED) is 0.299. The minimum atomic E-state index is -0.410. The van der Waals surface area contributed by atoms with E-state index in [-0.39, 0.29) is 11.5 Å². The fraction of sp³-hybridized carbons (Fsp3) is 0.190. The molecule has 0 fully saturated rings. The molecule has 0 N–H and O–H groups in total. The summed E-state index contributed by atoms with van der Waals surface area (Å²) in [6.45, 7) is 6.04. The Hall–Kier alpha value is -3.21. The van der Waals surface area contributed by atoms with Crippen molar-refractivity contribution >= 4 is 29.3 Å². The van der Waals surface area contributed by atoms with Crippen molar-refractivity contribution in [3.05, 3.63) is 81.9 Å². The van der Waals surface area contributed by atoms with Crippen LogP contribution in [0.5, 0.6) is 0 Å². The Morgan fingerprint density at radius 2 is 1.58 bits per heavy atom. The molecule has 0 spiro atoms. The third-order valence-corrected chi connectivity index (χ3v) is 4.06. The second-order valence-electron chi connectivity index (χ2n) is 6.15. The predicted molar refractivity (Wildman–Crippen MR) is 106 cm³/mol. The van der Waals surface area contributed by atoms with Crippen molar-refractivity contribution in [3.63, 3.8) is 0 Å². The van der Waals surface area contributed by atoms with Crippen molar-refractivity contribution < 1.29 is 9.72 Å². The molecule has 0 saturated heterocycles. The predicted octanol–water partition coefficient (Wildman–Crippen LogP) is 4.74. The number of carbonyl (C=O) groups excluding carboxylic acids is 1. The Kier molecular flexibility index (Phi) is 6.44. The van der Waals surface area contributed by atoms with Crippen LogP contribution in [0.15, 0.2) is 60.7 Å². The zero-order chi connectivity index (χ0) is 19.1. The summed E-state index contributed by atoms with van der Waals surface area (Å²) in [6.07, 6.45) is 4.32. The Bertz CT molecular complexity index is 821. The van der Waals surface area contributed by atoms with Gasteiger partial charge in [0.15, 0.2) is 5.78 Å². The van der Waals surface area contributed by atoms with E-state index in [1.165, 1.54) is 12.1 Å². The smallest absolute Gasteiger partial charge is 0.269 e. The highest BCUT2D eigenvalue weighted by atomic mass is 16.6. The van der Waals surface area contributed by atoms with Crippen LogP contribution in [-0.4, -0.2) is 24.3 Å². The molecular formula is C21H22N2O3. The van der Waals surface area contributed by atoms with Gasteiger partial charge in [-0.2, -0.15) is 0 Å². The fourth-order valence-electron chi connectivity index (χ4n) is 2.35. The van der Waals surface area contributed by atoms with Crippen LogP contribution >= 0.6 is 0 Å². The first kappa shape index (κ1) is 19.1. The van der Waals surface area contributed by atoms with Crippen molar-refractivity contribution in [3.8, 4) is 0 Å². The highest BCUT2D eigenvalue weighted by Crippen LogP contribution is 2.17. The molecule has 5 heteroatoms. The molecule has 0 bridgehead atoms. The average Bonchev–Trinajstić information content (AvgIpc) is 2.64. The molecule has 0 aliphatic rings. The first-order valence-corrected chi connectivity index (χ1v) is 8.29. The summed E-state index contributed by atoms with van der Waals surface area (Å²) in [7, 11) is 1.95. The minimum absolute atomic E-state index is 0.0829. The summed E-state index contributed by atoms with van der Waals surface area (Å²) in [5.41, 5.74) is 3.63. The Labute approximate surface area is 153 Å². The van der Waals surface area contributed by atoms with E-state index in [0.29, 0.717) is 18.5 Å². The molecule has 0 unspecified atom stereocenters. The molecule has 0 atom stereocenters. The second kappa shape index (κ2) is 8.76. The van der Waals surface area contributed by atoms with Gasteiger partial charge in [0, 0.05) is 37.8 Å². The lowest BCUT2D eigenvalue weighted by Crippen LogP contribution is -2.21. The van der Waals surface area contributed by atoms with Gasteiger partial charge in [-0.3, -0.25) is 14.9 Å². The number of nitro benzene ring substituents is 1. The number of nitro groups is 1. The minimum Gasteiger partial charge on any atom is -0.374 e. The number of nitrogens with zero attached hydrogens (tertiary/aromatic N) is 2. The van der Waals surface area contributed by atoms with E-state index in [2.05, 4.69) is 6.58 Å². The normalized spacial score (nSPS) is 10.7. The number of hydrogen-bond donors (Lipinski definition) is 0. The van der Waals surface area contributed by atoms with Gasteiger partial charge >= 0.3 is 0 Å². The van der Waals surface area contributed by atoms with E-state index in [4.69, 9.17) is 0 Å². The maximum atomic E-state index is 11.6. The van der Waals surface area contributed by atoms with Crippen molar-refractivity contribution in [1.82, 2.24) is 0 Å². The average molecular weight is 350 g/mol. The van der Waals surface area contributed by atoms with Crippen LogP contribution in [0.1, 0.15) is 24.5 Å². The van der Waals surface area contributed by atoms with E-state index >= 15 is 0 Å². The summed E-state index contributed by atoms with van der Waals surface area (Å²) < 4.78 is 0. The standard InChI is InChI=1S/C21H22N2O3/c1-16(2)21(24)14-15-22(3)19-10-6-17(7-11-19)4-5-18-8-12-20(13-9-18)23(25)26/h4-13H,1,14-15H2,2-3H3.